The lowest BCUT2D eigenvalue weighted by atomic mass is 10.2. The van der Waals surface area contributed by atoms with Crippen LogP contribution >= 0.6 is 11.6 Å². The summed E-state index contributed by atoms with van der Waals surface area (Å²) in [5.74, 6) is 0.487. The zero-order valence-corrected chi connectivity index (χ0v) is 12.2. The number of amides is 1. The van der Waals surface area contributed by atoms with Crippen molar-refractivity contribution in [1.29, 1.82) is 0 Å². The lowest BCUT2D eigenvalue weighted by Gasteiger charge is -2.24. The minimum absolute atomic E-state index is 0.114. The van der Waals surface area contributed by atoms with Gasteiger partial charge in [0.1, 0.15) is 0 Å². The van der Waals surface area contributed by atoms with Crippen LogP contribution in [0.25, 0.3) is 0 Å². The molecular formula is C15H13ClN4O. The third-order valence-electron chi connectivity index (χ3n) is 3.92. The van der Waals surface area contributed by atoms with E-state index >= 15 is 0 Å². The lowest BCUT2D eigenvalue weighted by Crippen LogP contribution is -2.25. The Hall–Kier alpha value is -2.14. The molecule has 0 atom stereocenters. The Morgan fingerprint density at radius 3 is 2.62 bits per heavy atom. The van der Waals surface area contributed by atoms with Gasteiger partial charge >= 0.3 is 0 Å². The number of carbonyl (C=O) groups excluding carboxylic acids is 1. The SMILES string of the molecule is CN1C(=O)c2cc(Cl)nnc2N(C2CC2)c2ccccc21. The van der Waals surface area contributed by atoms with Gasteiger partial charge in [0.25, 0.3) is 5.91 Å². The van der Waals surface area contributed by atoms with Crippen molar-refractivity contribution in [3.63, 3.8) is 0 Å². The average molecular weight is 301 g/mol. The summed E-state index contributed by atoms with van der Waals surface area (Å²) >= 11 is 5.93. The van der Waals surface area contributed by atoms with Crippen molar-refractivity contribution in [2.45, 2.75) is 18.9 Å². The van der Waals surface area contributed by atoms with Crippen LogP contribution in [-0.2, 0) is 0 Å². The number of hydrogen-bond donors (Lipinski definition) is 0. The maximum Gasteiger partial charge on any atom is 0.262 e. The van der Waals surface area contributed by atoms with Crippen LogP contribution in [0.3, 0.4) is 0 Å². The fourth-order valence-corrected chi connectivity index (χ4v) is 2.90. The van der Waals surface area contributed by atoms with Crippen molar-refractivity contribution in [3.05, 3.63) is 41.0 Å². The van der Waals surface area contributed by atoms with Gasteiger partial charge in [0.2, 0.25) is 0 Å². The second-order valence-corrected chi connectivity index (χ2v) is 5.75. The van der Waals surface area contributed by atoms with Gasteiger partial charge in [-0.05, 0) is 31.0 Å². The highest BCUT2D eigenvalue weighted by atomic mass is 35.5. The van der Waals surface area contributed by atoms with Crippen LogP contribution in [0.1, 0.15) is 23.2 Å². The fraction of sp³-hybridized carbons (Fsp3) is 0.267. The molecule has 0 radical (unpaired) electrons. The molecule has 6 heteroatoms. The highest BCUT2D eigenvalue weighted by Gasteiger charge is 2.38. The summed E-state index contributed by atoms with van der Waals surface area (Å²) < 4.78 is 0. The minimum atomic E-state index is -0.114. The summed E-state index contributed by atoms with van der Waals surface area (Å²) in [5, 5.41) is 8.37. The molecule has 2 aromatic rings. The molecule has 5 nitrogen and oxygen atoms in total. The molecule has 1 aliphatic heterocycles. The van der Waals surface area contributed by atoms with Gasteiger partial charge in [-0.15, -0.1) is 10.2 Å². The maximum atomic E-state index is 12.7. The normalized spacial score (nSPS) is 17.3. The molecule has 2 heterocycles. The number of rotatable bonds is 1. The van der Waals surface area contributed by atoms with Gasteiger partial charge in [0.05, 0.1) is 16.9 Å². The molecule has 0 saturated heterocycles. The second-order valence-electron chi connectivity index (χ2n) is 5.36. The number of para-hydroxylation sites is 2. The smallest absolute Gasteiger partial charge is 0.262 e. The first-order valence-corrected chi connectivity index (χ1v) is 7.24. The molecule has 1 aromatic carbocycles. The number of benzene rings is 1. The van der Waals surface area contributed by atoms with E-state index in [1.165, 1.54) is 0 Å². The minimum Gasteiger partial charge on any atom is -0.319 e. The molecule has 4 rings (SSSR count). The summed E-state index contributed by atoms with van der Waals surface area (Å²) in [6.07, 6.45) is 2.19. The van der Waals surface area contributed by atoms with Gasteiger partial charge < -0.3 is 9.80 Å². The van der Waals surface area contributed by atoms with Crippen molar-refractivity contribution >= 4 is 34.7 Å². The van der Waals surface area contributed by atoms with Crippen molar-refractivity contribution in [2.75, 3.05) is 16.8 Å². The van der Waals surface area contributed by atoms with E-state index in [1.54, 1.807) is 18.0 Å². The van der Waals surface area contributed by atoms with E-state index in [9.17, 15) is 4.79 Å². The lowest BCUT2D eigenvalue weighted by molar-refractivity contribution is 0.0994. The third kappa shape index (κ3) is 1.88. The van der Waals surface area contributed by atoms with Crippen LogP contribution in [-0.4, -0.2) is 29.2 Å². The average Bonchev–Trinajstić information content (AvgIpc) is 3.32. The molecule has 1 saturated carbocycles. The van der Waals surface area contributed by atoms with Crippen LogP contribution in [0.5, 0.6) is 0 Å². The van der Waals surface area contributed by atoms with Gasteiger partial charge in [-0.25, -0.2) is 0 Å². The van der Waals surface area contributed by atoms with Gasteiger partial charge in [-0.2, -0.15) is 0 Å². The number of aromatic nitrogens is 2. The Morgan fingerprint density at radius 2 is 1.90 bits per heavy atom. The number of fused-ring (bicyclic) bond motifs is 2. The molecular weight excluding hydrogens is 288 g/mol. The van der Waals surface area contributed by atoms with Crippen molar-refractivity contribution in [1.82, 2.24) is 10.2 Å². The van der Waals surface area contributed by atoms with Gasteiger partial charge in [-0.3, -0.25) is 4.79 Å². The Kier molecular flexibility index (Phi) is 2.65. The fourth-order valence-electron chi connectivity index (χ4n) is 2.75. The quantitative estimate of drug-likeness (QED) is 0.812. The molecule has 2 aliphatic rings. The molecule has 1 fully saturated rings. The largest absolute Gasteiger partial charge is 0.319 e. The maximum absolute atomic E-state index is 12.7. The summed E-state index contributed by atoms with van der Waals surface area (Å²) in [5.41, 5.74) is 2.37. The van der Waals surface area contributed by atoms with E-state index in [1.807, 2.05) is 24.3 Å². The molecule has 0 unspecified atom stereocenters. The zero-order chi connectivity index (χ0) is 14.6. The summed E-state index contributed by atoms with van der Waals surface area (Å²) in [6.45, 7) is 0. The molecule has 106 valence electrons. The Morgan fingerprint density at radius 1 is 1.19 bits per heavy atom. The van der Waals surface area contributed by atoms with Crippen molar-refractivity contribution in [3.8, 4) is 0 Å². The summed E-state index contributed by atoms with van der Waals surface area (Å²) in [7, 11) is 1.77. The standard InChI is InChI=1S/C15H13ClN4O/c1-19-11-4-2-3-5-12(11)20(9-6-7-9)14-10(15(19)21)8-13(16)17-18-14/h2-5,8-9H,6-7H2,1H3. The van der Waals surface area contributed by atoms with E-state index < -0.39 is 0 Å². The van der Waals surface area contributed by atoms with Crippen LogP contribution in [0.4, 0.5) is 17.2 Å². The predicted octanol–water partition coefficient (Wildman–Crippen LogP) is 3.02. The summed E-state index contributed by atoms with van der Waals surface area (Å²) in [6, 6.07) is 9.85. The number of carbonyl (C=O) groups is 1. The van der Waals surface area contributed by atoms with Gasteiger partial charge in [-0.1, -0.05) is 23.7 Å². The van der Waals surface area contributed by atoms with Gasteiger partial charge in [0.15, 0.2) is 11.0 Å². The van der Waals surface area contributed by atoms with E-state index in [2.05, 4.69) is 15.1 Å². The Bertz CT molecular complexity index is 744. The zero-order valence-electron chi connectivity index (χ0n) is 11.5. The molecule has 21 heavy (non-hydrogen) atoms. The highest BCUT2D eigenvalue weighted by Crippen LogP contribution is 2.45. The first-order chi connectivity index (χ1) is 10.2. The van der Waals surface area contributed by atoms with Crippen LogP contribution in [0.15, 0.2) is 30.3 Å². The van der Waals surface area contributed by atoms with Crippen molar-refractivity contribution < 1.29 is 4.79 Å². The third-order valence-corrected chi connectivity index (χ3v) is 4.11. The van der Waals surface area contributed by atoms with E-state index in [-0.39, 0.29) is 11.1 Å². The molecule has 0 N–H and O–H groups in total. The molecule has 1 aliphatic carbocycles. The Balaban J connectivity index is 2.02. The van der Waals surface area contributed by atoms with E-state index in [0.717, 1.165) is 24.2 Å². The number of halogens is 1. The number of anilines is 3. The monoisotopic (exact) mass is 300 g/mol. The van der Waals surface area contributed by atoms with E-state index in [0.29, 0.717) is 17.4 Å². The van der Waals surface area contributed by atoms with Crippen LogP contribution in [0.2, 0.25) is 5.15 Å². The van der Waals surface area contributed by atoms with Gasteiger partial charge in [0, 0.05) is 13.1 Å². The first kappa shape index (κ1) is 12.6. The Labute approximate surface area is 127 Å². The van der Waals surface area contributed by atoms with Crippen LogP contribution < -0.4 is 9.80 Å². The molecule has 1 aromatic heterocycles. The number of hydrogen-bond acceptors (Lipinski definition) is 4. The van der Waals surface area contributed by atoms with E-state index in [4.69, 9.17) is 11.6 Å². The second kappa shape index (κ2) is 4.43. The molecule has 0 bridgehead atoms. The topological polar surface area (TPSA) is 49.3 Å². The predicted molar refractivity (Wildman–Crippen MR) is 81.4 cm³/mol. The molecule has 1 amide bonds. The van der Waals surface area contributed by atoms with Crippen LogP contribution in [0, 0.1) is 0 Å². The molecule has 0 spiro atoms. The highest BCUT2D eigenvalue weighted by molar-refractivity contribution is 6.30. The van der Waals surface area contributed by atoms with Crippen molar-refractivity contribution in [2.24, 2.45) is 0 Å². The summed E-state index contributed by atoms with van der Waals surface area (Å²) in [4.78, 5) is 16.5. The first-order valence-electron chi connectivity index (χ1n) is 6.86. The number of nitrogens with zero attached hydrogens (tertiary/aromatic N) is 4.